The van der Waals surface area contributed by atoms with Crippen LogP contribution in [-0.2, 0) is 4.79 Å². The molecule has 0 radical (unpaired) electrons. The van der Waals surface area contributed by atoms with Gasteiger partial charge < -0.3 is 11.1 Å². The van der Waals surface area contributed by atoms with E-state index in [-0.39, 0.29) is 11.3 Å². The lowest BCUT2D eigenvalue weighted by Gasteiger charge is -2.30. The second-order valence-electron chi connectivity index (χ2n) is 7.08. The van der Waals surface area contributed by atoms with Crippen LogP contribution in [0, 0.1) is 11.3 Å². The zero-order valence-corrected chi connectivity index (χ0v) is 13.0. The molecular formula is C16H32N2O. The molecule has 1 aliphatic carbocycles. The van der Waals surface area contributed by atoms with Gasteiger partial charge in [0.15, 0.2) is 0 Å². The predicted octanol–water partition coefficient (Wildman–Crippen LogP) is 3.23. The molecule has 0 aliphatic heterocycles. The standard InChI is InChI=1S/C16H32N2O/c1-16(2,3)13(11-12-17)9-10-15(19)18-14-7-5-4-6-8-14/h13-14H,4-12,17H2,1-3H3,(H,18,19). The lowest BCUT2D eigenvalue weighted by Crippen LogP contribution is -2.36. The number of nitrogens with one attached hydrogen (secondary N) is 1. The van der Waals surface area contributed by atoms with E-state index in [9.17, 15) is 4.79 Å². The van der Waals surface area contributed by atoms with Gasteiger partial charge in [-0.1, -0.05) is 40.0 Å². The van der Waals surface area contributed by atoms with Crippen LogP contribution in [0.4, 0.5) is 0 Å². The third-order valence-electron chi connectivity index (χ3n) is 4.43. The quantitative estimate of drug-likeness (QED) is 0.777. The molecule has 1 fully saturated rings. The molecule has 0 aromatic rings. The first-order chi connectivity index (χ1) is 8.93. The Kier molecular flexibility index (Phi) is 6.84. The molecule has 0 aromatic carbocycles. The number of carbonyl (C=O) groups excluding carboxylic acids is 1. The molecule has 1 rings (SSSR count). The molecule has 1 aliphatic rings. The van der Waals surface area contributed by atoms with Gasteiger partial charge in [0.1, 0.15) is 0 Å². The summed E-state index contributed by atoms with van der Waals surface area (Å²) in [6, 6.07) is 0.434. The molecule has 0 aromatic heterocycles. The van der Waals surface area contributed by atoms with Crippen molar-refractivity contribution < 1.29 is 4.79 Å². The van der Waals surface area contributed by atoms with E-state index in [1.165, 1.54) is 19.3 Å². The third-order valence-corrected chi connectivity index (χ3v) is 4.43. The molecule has 1 saturated carbocycles. The van der Waals surface area contributed by atoms with Crippen LogP contribution >= 0.6 is 0 Å². The molecule has 3 N–H and O–H groups in total. The summed E-state index contributed by atoms with van der Waals surface area (Å²) in [6.45, 7) is 7.44. The predicted molar refractivity (Wildman–Crippen MR) is 80.9 cm³/mol. The molecule has 0 saturated heterocycles. The van der Waals surface area contributed by atoms with Crippen molar-refractivity contribution in [1.82, 2.24) is 5.32 Å². The number of hydrogen-bond acceptors (Lipinski definition) is 2. The van der Waals surface area contributed by atoms with Crippen molar-refractivity contribution in [2.75, 3.05) is 6.54 Å². The molecular weight excluding hydrogens is 236 g/mol. The molecule has 112 valence electrons. The second kappa shape index (κ2) is 7.88. The molecule has 0 spiro atoms. The van der Waals surface area contributed by atoms with E-state index in [0.717, 1.165) is 25.7 Å². The molecule has 1 amide bonds. The third kappa shape index (κ3) is 6.42. The summed E-state index contributed by atoms with van der Waals surface area (Å²) < 4.78 is 0. The van der Waals surface area contributed by atoms with Gasteiger partial charge in [0.05, 0.1) is 0 Å². The second-order valence-corrected chi connectivity index (χ2v) is 7.08. The Hall–Kier alpha value is -0.570. The van der Waals surface area contributed by atoms with Gasteiger partial charge in [0.25, 0.3) is 0 Å². The highest BCUT2D eigenvalue weighted by atomic mass is 16.1. The van der Waals surface area contributed by atoms with Crippen molar-refractivity contribution in [3.8, 4) is 0 Å². The highest BCUT2D eigenvalue weighted by Crippen LogP contribution is 2.32. The number of hydrogen-bond donors (Lipinski definition) is 2. The van der Waals surface area contributed by atoms with Crippen molar-refractivity contribution in [3.63, 3.8) is 0 Å². The number of rotatable bonds is 6. The van der Waals surface area contributed by atoms with Gasteiger partial charge in [-0.05, 0) is 43.6 Å². The van der Waals surface area contributed by atoms with Crippen LogP contribution in [-0.4, -0.2) is 18.5 Å². The Bertz CT molecular complexity index is 264. The number of nitrogens with two attached hydrogens (primary N) is 1. The molecule has 1 unspecified atom stereocenters. The smallest absolute Gasteiger partial charge is 0.220 e. The van der Waals surface area contributed by atoms with Gasteiger partial charge in [0, 0.05) is 12.5 Å². The van der Waals surface area contributed by atoms with E-state index in [0.29, 0.717) is 24.9 Å². The van der Waals surface area contributed by atoms with Gasteiger partial charge in [-0.25, -0.2) is 0 Å². The monoisotopic (exact) mass is 268 g/mol. The Morgan fingerprint density at radius 3 is 2.37 bits per heavy atom. The van der Waals surface area contributed by atoms with E-state index in [4.69, 9.17) is 5.73 Å². The van der Waals surface area contributed by atoms with Crippen LogP contribution in [0.25, 0.3) is 0 Å². The maximum atomic E-state index is 12.0. The van der Waals surface area contributed by atoms with Gasteiger partial charge >= 0.3 is 0 Å². The summed E-state index contributed by atoms with van der Waals surface area (Å²) in [4.78, 5) is 12.0. The highest BCUT2D eigenvalue weighted by molar-refractivity contribution is 5.76. The van der Waals surface area contributed by atoms with E-state index in [1.807, 2.05) is 0 Å². The lowest BCUT2D eigenvalue weighted by atomic mass is 9.76. The minimum Gasteiger partial charge on any atom is -0.353 e. The largest absolute Gasteiger partial charge is 0.353 e. The zero-order chi connectivity index (χ0) is 14.3. The molecule has 19 heavy (non-hydrogen) atoms. The summed E-state index contributed by atoms with van der Waals surface area (Å²) >= 11 is 0. The lowest BCUT2D eigenvalue weighted by molar-refractivity contribution is -0.122. The summed E-state index contributed by atoms with van der Waals surface area (Å²) in [5.74, 6) is 0.771. The highest BCUT2D eigenvalue weighted by Gasteiger charge is 2.24. The summed E-state index contributed by atoms with van der Waals surface area (Å²) in [5, 5.41) is 3.20. The summed E-state index contributed by atoms with van der Waals surface area (Å²) in [5.41, 5.74) is 5.92. The minimum absolute atomic E-state index is 0.234. The Morgan fingerprint density at radius 1 is 1.21 bits per heavy atom. The normalized spacial score (nSPS) is 19.2. The molecule has 0 heterocycles. The first kappa shape index (κ1) is 16.5. The molecule has 3 nitrogen and oxygen atoms in total. The van der Waals surface area contributed by atoms with Crippen molar-refractivity contribution in [3.05, 3.63) is 0 Å². The zero-order valence-electron chi connectivity index (χ0n) is 13.0. The summed E-state index contributed by atoms with van der Waals surface area (Å²) in [7, 11) is 0. The van der Waals surface area contributed by atoms with Gasteiger partial charge in [-0.2, -0.15) is 0 Å². The number of amides is 1. The van der Waals surface area contributed by atoms with Crippen LogP contribution in [0.2, 0.25) is 0 Å². The summed E-state index contributed by atoms with van der Waals surface area (Å²) in [6.07, 6.45) is 8.81. The molecule has 1 atom stereocenters. The Morgan fingerprint density at radius 2 is 1.84 bits per heavy atom. The minimum atomic E-state index is 0.234. The van der Waals surface area contributed by atoms with Crippen LogP contribution in [0.3, 0.4) is 0 Å². The first-order valence-corrected chi connectivity index (χ1v) is 7.93. The van der Waals surface area contributed by atoms with Gasteiger partial charge in [-0.15, -0.1) is 0 Å². The van der Waals surface area contributed by atoms with E-state index in [2.05, 4.69) is 26.1 Å². The van der Waals surface area contributed by atoms with Crippen molar-refractivity contribution in [1.29, 1.82) is 0 Å². The van der Waals surface area contributed by atoms with E-state index >= 15 is 0 Å². The van der Waals surface area contributed by atoms with Crippen LogP contribution in [0.15, 0.2) is 0 Å². The van der Waals surface area contributed by atoms with Gasteiger partial charge in [0.2, 0.25) is 5.91 Å². The fourth-order valence-electron chi connectivity index (χ4n) is 3.06. The maximum absolute atomic E-state index is 12.0. The average Bonchev–Trinajstić information content (AvgIpc) is 2.34. The maximum Gasteiger partial charge on any atom is 0.220 e. The number of carbonyl (C=O) groups is 1. The van der Waals surface area contributed by atoms with Crippen LogP contribution < -0.4 is 11.1 Å². The van der Waals surface area contributed by atoms with Crippen molar-refractivity contribution >= 4 is 5.91 Å². The van der Waals surface area contributed by atoms with Crippen LogP contribution in [0.1, 0.15) is 72.1 Å². The van der Waals surface area contributed by atoms with Crippen molar-refractivity contribution in [2.24, 2.45) is 17.1 Å². The Balaban J connectivity index is 2.30. The fourth-order valence-corrected chi connectivity index (χ4v) is 3.06. The Labute approximate surface area is 118 Å². The van der Waals surface area contributed by atoms with E-state index in [1.54, 1.807) is 0 Å². The SMILES string of the molecule is CC(C)(C)C(CCN)CCC(=O)NC1CCCCC1. The van der Waals surface area contributed by atoms with Crippen molar-refractivity contribution in [2.45, 2.75) is 78.2 Å². The average molecular weight is 268 g/mol. The van der Waals surface area contributed by atoms with Crippen LogP contribution in [0.5, 0.6) is 0 Å². The fraction of sp³-hybridized carbons (Fsp3) is 0.938. The van der Waals surface area contributed by atoms with E-state index < -0.39 is 0 Å². The first-order valence-electron chi connectivity index (χ1n) is 7.93. The molecule has 0 bridgehead atoms. The van der Waals surface area contributed by atoms with Gasteiger partial charge in [-0.3, -0.25) is 4.79 Å². The molecule has 3 heteroatoms. The topological polar surface area (TPSA) is 55.1 Å².